The van der Waals surface area contributed by atoms with Crippen LogP contribution in [0.15, 0.2) is 36.5 Å². The number of carbonyl (C=O) groups excluding carboxylic acids is 1. The number of hydrogen-bond acceptors (Lipinski definition) is 3. The van der Waals surface area contributed by atoms with Gasteiger partial charge < -0.3 is 10.6 Å². The third kappa shape index (κ3) is 5.09. The lowest BCUT2D eigenvalue weighted by Gasteiger charge is -2.09. The summed E-state index contributed by atoms with van der Waals surface area (Å²) in [5, 5.41) is 6.20. The maximum absolute atomic E-state index is 12.0. The molecule has 23 heavy (non-hydrogen) atoms. The Morgan fingerprint density at radius 3 is 2.48 bits per heavy atom. The molecule has 122 valence electrons. The Balaban J connectivity index is 1.93. The van der Waals surface area contributed by atoms with Crippen LogP contribution in [0.1, 0.15) is 47.8 Å². The number of benzene rings is 1. The molecule has 0 spiro atoms. The molecule has 1 amide bonds. The number of rotatable bonds is 7. The van der Waals surface area contributed by atoms with Crippen molar-refractivity contribution >= 4 is 17.3 Å². The summed E-state index contributed by atoms with van der Waals surface area (Å²) in [4.78, 5) is 16.2. The molecule has 0 aliphatic carbocycles. The Hall–Kier alpha value is -2.36. The van der Waals surface area contributed by atoms with Crippen LogP contribution in [0.5, 0.6) is 0 Å². The maximum Gasteiger partial charge on any atom is 0.269 e. The normalized spacial score (nSPS) is 10.4. The van der Waals surface area contributed by atoms with Gasteiger partial charge in [0.1, 0.15) is 5.69 Å². The van der Waals surface area contributed by atoms with E-state index in [1.807, 2.05) is 12.1 Å². The second-order valence-electron chi connectivity index (χ2n) is 5.82. The molecule has 4 heteroatoms. The van der Waals surface area contributed by atoms with Gasteiger partial charge in [0.15, 0.2) is 0 Å². The van der Waals surface area contributed by atoms with E-state index in [2.05, 4.69) is 48.5 Å². The summed E-state index contributed by atoms with van der Waals surface area (Å²) < 4.78 is 0. The topological polar surface area (TPSA) is 54.0 Å². The van der Waals surface area contributed by atoms with Crippen molar-refractivity contribution in [1.29, 1.82) is 0 Å². The number of pyridine rings is 1. The van der Waals surface area contributed by atoms with E-state index in [1.165, 1.54) is 11.1 Å². The molecule has 0 aliphatic rings. The molecule has 2 rings (SSSR count). The first-order chi connectivity index (χ1) is 11.1. The van der Waals surface area contributed by atoms with Crippen LogP contribution in [-0.2, 0) is 0 Å². The fraction of sp³-hybridized carbons (Fsp3) is 0.368. The van der Waals surface area contributed by atoms with Crippen molar-refractivity contribution in [1.82, 2.24) is 10.3 Å². The molecule has 0 saturated heterocycles. The highest BCUT2D eigenvalue weighted by Crippen LogP contribution is 2.19. The maximum atomic E-state index is 12.0. The molecule has 0 bridgehead atoms. The molecule has 2 N–H and O–H groups in total. The van der Waals surface area contributed by atoms with E-state index in [9.17, 15) is 4.79 Å². The van der Waals surface area contributed by atoms with Crippen molar-refractivity contribution in [2.45, 2.75) is 40.0 Å². The van der Waals surface area contributed by atoms with E-state index in [1.54, 1.807) is 12.3 Å². The average molecular weight is 311 g/mol. The van der Waals surface area contributed by atoms with E-state index in [-0.39, 0.29) is 5.91 Å². The van der Waals surface area contributed by atoms with Crippen molar-refractivity contribution in [3.8, 4) is 0 Å². The zero-order chi connectivity index (χ0) is 16.7. The second kappa shape index (κ2) is 8.32. The summed E-state index contributed by atoms with van der Waals surface area (Å²) in [5.41, 5.74) is 4.85. The molecular weight excluding hydrogens is 286 g/mol. The Morgan fingerprint density at radius 1 is 1.04 bits per heavy atom. The number of amides is 1. The third-order valence-electron chi connectivity index (χ3n) is 3.86. The van der Waals surface area contributed by atoms with Crippen LogP contribution in [0.2, 0.25) is 0 Å². The summed E-state index contributed by atoms with van der Waals surface area (Å²) in [6.45, 7) is 7.03. The monoisotopic (exact) mass is 311 g/mol. The first-order valence-corrected chi connectivity index (χ1v) is 8.18. The predicted octanol–water partition coefficient (Wildman–Crippen LogP) is 4.36. The lowest BCUT2D eigenvalue weighted by molar-refractivity contribution is 0.0948. The molecule has 0 aliphatic heterocycles. The van der Waals surface area contributed by atoms with Gasteiger partial charge in [-0.2, -0.15) is 0 Å². The summed E-state index contributed by atoms with van der Waals surface area (Å²) in [7, 11) is 0. The van der Waals surface area contributed by atoms with E-state index in [0.717, 1.165) is 30.6 Å². The molecular formula is C19H25N3O. The van der Waals surface area contributed by atoms with Gasteiger partial charge in [0.25, 0.3) is 5.91 Å². The van der Waals surface area contributed by atoms with Gasteiger partial charge in [0, 0.05) is 12.2 Å². The van der Waals surface area contributed by atoms with Gasteiger partial charge in [0.05, 0.1) is 11.9 Å². The van der Waals surface area contributed by atoms with Crippen LogP contribution in [0.4, 0.5) is 11.4 Å². The minimum absolute atomic E-state index is 0.112. The Bertz CT molecular complexity index is 650. The van der Waals surface area contributed by atoms with Crippen molar-refractivity contribution < 1.29 is 4.79 Å². The van der Waals surface area contributed by atoms with Crippen molar-refractivity contribution in [2.24, 2.45) is 0 Å². The molecule has 1 aromatic carbocycles. The molecule has 0 radical (unpaired) electrons. The van der Waals surface area contributed by atoms with Crippen molar-refractivity contribution in [2.75, 3.05) is 11.9 Å². The number of anilines is 2. The zero-order valence-corrected chi connectivity index (χ0v) is 14.1. The van der Waals surface area contributed by atoms with Gasteiger partial charge in [0.2, 0.25) is 0 Å². The second-order valence-corrected chi connectivity index (χ2v) is 5.82. The number of nitrogens with one attached hydrogen (secondary N) is 2. The molecule has 4 nitrogen and oxygen atoms in total. The number of unbranched alkanes of at least 4 members (excludes halogenated alkanes) is 2. The molecule has 0 saturated carbocycles. The number of nitrogens with zero attached hydrogens (tertiary/aromatic N) is 1. The fourth-order valence-electron chi connectivity index (χ4n) is 2.26. The first-order valence-electron chi connectivity index (χ1n) is 8.18. The number of aromatic nitrogens is 1. The molecule has 2 aromatic rings. The van der Waals surface area contributed by atoms with Gasteiger partial charge in [-0.25, -0.2) is 4.98 Å². The third-order valence-corrected chi connectivity index (χ3v) is 3.86. The SMILES string of the molecule is CCCCCNC(=O)c1ccc(Nc2ccc(C)c(C)c2)cn1. The van der Waals surface area contributed by atoms with Crippen LogP contribution < -0.4 is 10.6 Å². The largest absolute Gasteiger partial charge is 0.354 e. The van der Waals surface area contributed by atoms with Crippen LogP contribution in [0, 0.1) is 13.8 Å². The predicted molar refractivity (Wildman–Crippen MR) is 95.3 cm³/mol. The summed E-state index contributed by atoms with van der Waals surface area (Å²) in [6, 6.07) is 9.85. The lowest BCUT2D eigenvalue weighted by atomic mass is 10.1. The van der Waals surface area contributed by atoms with Crippen LogP contribution in [0.25, 0.3) is 0 Å². The average Bonchev–Trinajstić information content (AvgIpc) is 2.55. The molecule has 1 aromatic heterocycles. The minimum Gasteiger partial charge on any atom is -0.354 e. The summed E-state index contributed by atoms with van der Waals surface area (Å²) in [5.74, 6) is -0.112. The summed E-state index contributed by atoms with van der Waals surface area (Å²) >= 11 is 0. The van der Waals surface area contributed by atoms with Gasteiger partial charge in [-0.3, -0.25) is 4.79 Å². The number of carbonyl (C=O) groups is 1. The summed E-state index contributed by atoms with van der Waals surface area (Å²) in [6.07, 6.45) is 4.98. The Labute approximate surface area is 138 Å². The smallest absolute Gasteiger partial charge is 0.269 e. The first kappa shape index (κ1) is 17.0. The standard InChI is InChI=1S/C19H25N3O/c1-4-5-6-11-20-19(23)18-10-9-17(13-21-18)22-16-8-7-14(2)15(3)12-16/h7-10,12-13,22H,4-6,11H2,1-3H3,(H,20,23). The van der Waals surface area contributed by atoms with Gasteiger partial charge in [-0.1, -0.05) is 25.8 Å². The molecule has 0 unspecified atom stereocenters. The fourth-order valence-corrected chi connectivity index (χ4v) is 2.26. The van der Waals surface area contributed by atoms with Crippen molar-refractivity contribution in [3.63, 3.8) is 0 Å². The number of hydrogen-bond donors (Lipinski definition) is 2. The highest BCUT2D eigenvalue weighted by molar-refractivity contribution is 5.92. The molecule has 1 heterocycles. The van der Waals surface area contributed by atoms with Crippen LogP contribution >= 0.6 is 0 Å². The molecule has 0 atom stereocenters. The Morgan fingerprint density at radius 2 is 1.83 bits per heavy atom. The van der Waals surface area contributed by atoms with Crippen LogP contribution in [0.3, 0.4) is 0 Å². The van der Waals surface area contributed by atoms with E-state index in [4.69, 9.17) is 0 Å². The zero-order valence-electron chi connectivity index (χ0n) is 14.1. The minimum atomic E-state index is -0.112. The van der Waals surface area contributed by atoms with E-state index < -0.39 is 0 Å². The lowest BCUT2D eigenvalue weighted by Crippen LogP contribution is -2.25. The van der Waals surface area contributed by atoms with Crippen LogP contribution in [-0.4, -0.2) is 17.4 Å². The quantitative estimate of drug-likeness (QED) is 0.747. The highest BCUT2D eigenvalue weighted by atomic mass is 16.1. The van der Waals surface area contributed by atoms with E-state index >= 15 is 0 Å². The number of aryl methyl sites for hydroxylation is 2. The van der Waals surface area contributed by atoms with Gasteiger partial charge in [-0.15, -0.1) is 0 Å². The van der Waals surface area contributed by atoms with E-state index in [0.29, 0.717) is 12.2 Å². The van der Waals surface area contributed by atoms with Gasteiger partial charge in [-0.05, 0) is 55.7 Å². The van der Waals surface area contributed by atoms with Crippen molar-refractivity contribution in [3.05, 3.63) is 53.3 Å². The molecule has 0 fully saturated rings. The Kier molecular flexibility index (Phi) is 6.15. The van der Waals surface area contributed by atoms with Gasteiger partial charge >= 0.3 is 0 Å². The highest BCUT2D eigenvalue weighted by Gasteiger charge is 2.06.